The fraction of sp³-hybridized carbons (Fsp3) is 0.480. The Balaban J connectivity index is 1.73. The van der Waals surface area contributed by atoms with Crippen LogP contribution in [0.4, 0.5) is 0 Å². The van der Waals surface area contributed by atoms with Crippen molar-refractivity contribution in [2.75, 3.05) is 7.11 Å². The third-order valence-electron chi connectivity index (χ3n) is 7.65. The molecule has 2 aromatic carbocycles. The van der Waals surface area contributed by atoms with Crippen molar-refractivity contribution in [2.45, 2.75) is 54.6 Å². The van der Waals surface area contributed by atoms with E-state index >= 15 is 0 Å². The highest BCUT2D eigenvalue weighted by Gasteiger charge is 2.54. The number of hydrogen-bond donors (Lipinski definition) is 1. The fourth-order valence-corrected chi connectivity index (χ4v) is 8.91. The topological polar surface area (TPSA) is 80.7 Å². The minimum Gasteiger partial charge on any atom is -0.496 e. The van der Waals surface area contributed by atoms with Crippen LogP contribution in [0.15, 0.2) is 47.4 Å². The Labute approximate surface area is 183 Å². The van der Waals surface area contributed by atoms with Crippen LogP contribution in [0, 0.1) is 17.8 Å². The number of sulfone groups is 1. The zero-order valence-corrected chi connectivity index (χ0v) is 18.5. The molecule has 0 atom stereocenters. The van der Waals surface area contributed by atoms with E-state index in [2.05, 4.69) is 0 Å². The lowest BCUT2D eigenvalue weighted by Gasteiger charge is -2.57. The molecule has 1 N–H and O–H groups in total. The van der Waals surface area contributed by atoms with Crippen LogP contribution in [0.5, 0.6) is 5.75 Å². The van der Waals surface area contributed by atoms with Gasteiger partial charge in [-0.05, 0) is 74.0 Å². The van der Waals surface area contributed by atoms with Crippen molar-refractivity contribution in [3.8, 4) is 5.75 Å². The molecule has 31 heavy (non-hydrogen) atoms. The number of benzene rings is 2. The molecule has 4 aliphatic carbocycles. The SMILES string of the molecule is COc1ccc(C(=O)O)c(S(=O)(=O)Cc2ccccc2)c1C12CC3CC(CC(C3)C1)C2. The van der Waals surface area contributed by atoms with Crippen LogP contribution in [-0.2, 0) is 21.0 Å². The molecule has 164 valence electrons. The molecular formula is C25H28O5S. The lowest BCUT2D eigenvalue weighted by molar-refractivity contribution is -0.00757. The van der Waals surface area contributed by atoms with Crippen LogP contribution >= 0.6 is 0 Å². The molecule has 4 fully saturated rings. The molecule has 0 unspecified atom stereocenters. The van der Waals surface area contributed by atoms with E-state index in [9.17, 15) is 18.3 Å². The van der Waals surface area contributed by atoms with Crippen molar-refractivity contribution in [3.05, 3.63) is 59.2 Å². The highest BCUT2D eigenvalue weighted by Crippen LogP contribution is 2.63. The molecule has 2 aromatic rings. The molecule has 0 amide bonds. The maximum absolute atomic E-state index is 13.8. The molecule has 0 heterocycles. The van der Waals surface area contributed by atoms with E-state index in [1.54, 1.807) is 37.4 Å². The van der Waals surface area contributed by atoms with Gasteiger partial charge in [0.15, 0.2) is 9.84 Å². The van der Waals surface area contributed by atoms with E-state index in [0.29, 0.717) is 34.6 Å². The average Bonchev–Trinajstić information content (AvgIpc) is 2.72. The summed E-state index contributed by atoms with van der Waals surface area (Å²) < 4.78 is 33.3. The van der Waals surface area contributed by atoms with Gasteiger partial charge in [0, 0.05) is 11.0 Å². The molecule has 4 aliphatic rings. The second kappa shape index (κ2) is 7.37. The minimum atomic E-state index is -3.91. The van der Waals surface area contributed by atoms with E-state index in [1.165, 1.54) is 25.3 Å². The van der Waals surface area contributed by atoms with Gasteiger partial charge in [0.2, 0.25) is 0 Å². The first kappa shape index (κ1) is 20.6. The quantitative estimate of drug-likeness (QED) is 0.695. The summed E-state index contributed by atoms with van der Waals surface area (Å²) >= 11 is 0. The summed E-state index contributed by atoms with van der Waals surface area (Å²) in [6.07, 6.45) is 6.41. The summed E-state index contributed by atoms with van der Waals surface area (Å²) in [5.74, 6) is 0.858. The van der Waals surface area contributed by atoms with Gasteiger partial charge in [0.05, 0.1) is 23.3 Å². The van der Waals surface area contributed by atoms with Crippen molar-refractivity contribution in [2.24, 2.45) is 17.8 Å². The summed E-state index contributed by atoms with van der Waals surface area (Å²) in [6.45, 7) is 0. The van der Waals surface area contributed by atoms with E-state index < -0.39 is 15.8 Å². The number of carboxylic acids is 1. The van der Waals surface area contributed by atoms with Gasteiger partial charge in [-0.3, -0.25) is 0 Å². The third kappa shape index (κ3) is 3.45. The summed E-state index contributed by atoms with van der Waals surface area (Å²) in [4.78, 5) is 12.2. The highest BCUT2D eigenvalue weighted by atomic mass is 32.2. The smallest absolute Gasteiger partial charge is 0.337 e. The van der Waals surface area contributed by atoms with Gasteiger partial charge in [-0.2, -0.15) is 0 Å². The van der Waals surface area contributed by atoms with Gasteiger partial charge in [-0.25, -0.2) is 13.2 Å². The van der Waals surface area contributed by atoms with Crippen molar-refractivity contribution < 1.29 is 23.1 Å². The van der Waals surface area contributed by atoms with Gasteiger partial charge < -0.3 is 9.84 Å². The zero-order chi connectivity index (χ0) is 21.8. The number of carboxylic acid groups (broad SMARTS) is 1. The van der Waals surface area contributed by atoms with Crippen LogP contribution in [0.3, 0.4) is 0 Å². The monoisotopic (exact) mass is 440 g/mol. The molecule has 0 aromatic heterocycles. The first-order chi connectivity index (χ1) is 14.8. The average molecular weight is 441 g/mol. The molecule has 4 bridgehead atoms. The Hall–Kier alpha value is -2.34. The molecule has 0 radical (unpaired) electrons. The van der Waals surface area contributed by atoms with Gasteiger partial charge in [0.25, 0.3) is 0 Å². The minimum absolute atomic E-state index is 0.0230. The van der Waals surface area contributed by atoms with Gasteiger partial charge in [0.1, 0.15) is 5.75 Å². The number of hydrogen-bond acceptors (Lipinski definition) is 4. The summed E-state index contributed by atoms with van der Waals surface area (Å²) in [5.41, 5.74) is 0.829. The van der Waals surface area contributed by atoms with Crippen molar-refractivity contribution in [1.29, 1.82) is 0 Å². The Morgan fingerprint density at radius 2 is 1.58 bits per heavy atom. The Morgan fingerprint density at radius 1 is 1.00 bits per heavy atom. The highest BCUT2D eigenvalue weighted by molar-refractivity contribution is 7.90. The van der Waals surface area contributed by atoms with Gasteiger partial charge in [-0.15, -0.1) is 0 Å². The second-order valence-corrected chi connectivity index (χ2v) is 11.7. The van der Waals surface area contributed by atoms with Crippen LogP contribution in [0.25, 0.3) is 0 Å². The predicted molar refractivity (Wildman–Crippen MR) is 117 cm³/mol. The standard InChI is InChI=1S/C25H28O5S/c1-30-21-8-7-20(24(26)27)23(31(28,29)15-16-5-3-2-4-6-16)22(21)25-12-17-9-18(13-25)11-19(10-17)14-25/h2-8,17-19H,9-15H2,1H3,(H,26,27). The van der Waals surface area contributed by atoms with E-state index in [1.807, 2.05) is 6.07 Å². The molecule has 6 heteroatoms. The molecule has 4 saturated carbocycles. The van der Waals surface area contributed by atoms with Crippen LogP contribution in [-0.4, -0.2) is 26.6 Å². The first-order valence-electron chi connectivity index (χ1n) is 11.0. The molecule has 0 saturated heterocycles. The van der Waals surface area contributed by atoms with Crippen molar-refractivity contribution >= 4 is 15.8 Å². The second-order valence-electron chi connectivity index (χ2n) is 9.77. The first-order valence-corrected chi connectivity index (χ1v) is 12.7. The summed E-state index contributed by atoms with van der Waals surface area (Å²) in [7, 11) is -2.36. The lowest BCUT2D eigenvalue weighted by atomic mass is 9.48. The van der Waals surface area contributed by atoms with E-state index in [-0.39, 0.29) is 21.6 Å². The molecular weight excluding hydrogens is 412 g/mol. The maximum Gasteiger partial charge on any atom is 0.337 e. The maximum atomic E-state index is 13.8. The van der Waals surface area contributed by atoms with Crippen molar-refractivity contribution in [1.82, 2.24) is 0 Å². The lowest BCUT2D eigenvalue weighted by Crippen LogP contribution is -2.49. The summed E-state index contributed by atoms with van der Waals surface area (Å²) in [5, 5.41) is 9.96. The molecule has 5 nitrogen and oxygen atoms in total. The predicted octanol–water partition coefficient (Wildman–Crippen LogP) is 4.84. The molecule has 0 spiro atoms. The van der Waals surface area contributed by atoms with E-state index in [4.69, 9.17) is 4.74 Å². The Kier molecular flexibility index (Phi) is 4.88. The van der Waals surface area contributed by atoms with Crippen LogP contribution in [0.2, 0.25) is 0 Å². The van der Waals surface area contributed by atoms with Crippen LogP contribution < -0.4 is 4.74 Å². The van der Waals surface area contributed by atoms with Crippen molar-refractivity contribution in [3.63, 3.8) is 0 Å². The number of rotatable bonds is 6. The molecule has 0 aliphatic heterocycles. The van der Waals surface area contributed by atoms with E-state index in [0.717, 1.165) is 19.3 Å². The van der Waals surface area contributed by atoms with Gasteiger partial charge >= 0.3 is 5.97 Å². The fourth-order valence-electron chi connectivity index (χ4n) is 7.01. The Morgan fingerprint density at radius 3 is 2.10 bits per heavy atom. The number of methoxy groups -OCH3 is 1. The number of carbonyl (C=O) groups is 1. The van der Waals surface area contributed by atoms with Gasteiger partial charge in [-0.1, -0.05) is 30.3 Å². The zero-order valence-electron chi connectivity index (χ0n) is 17.7. The third-order valence-corrected chi connectivity index (χ3v) is 9.41. The number of ether oxygens (including phenoxy) is 1. The van der Waals surface area contributed by atoms with Crippen LogP contribution in [0.1, 0.15) is 60.0 Å². The summed E-state index contributed by atoms with van der Waals surface area (Å²) in [6, 6.07) is 12.0. The normalized spacial score (nSPS) is 29.1. The molecule has 6 rings (SSSR count). The number of aromatic carboxylic acids is 1. The Bertz CT molecular complexity index is 1080. The largest absolute Gasteiger partial charge is 0.496 e.